The van der Waals surface area contributed by atoms with Crippen molar-refractivity contribution in [3.8, 4) is 0 Å². The summed E-state index contributed by atoms with van der Waals surface area (Å²) in [6.45, 7) is 1.91. The number of fused-ring (bicyclic) bond motifs is 3. The molecular formula is C31H40N2O. The molecule has 2 aromatic rings. The Kier molecular flexibility index (Phi) is 4.43. The van der Waals surface area contributed by atoms with Crippen LogP contribution in [0.4, 0.5) is 0 Å². The molecular weight excluding hydrogens is 416 g/mol. The van der Waals surface area contributed by atoms with Gasteiger partial charge >= 0.3 is 0 Å². The Hall–Kier alpha value is -1.77. The number of hydrogen-bond acceptors (Lipinski definition) is 1. The maximum Gasteiger partial charge on any atom is 0.229 e. The average Bonchev–Trinajstić information content (AvgIpc) is 3.18. The van der Waals surface area contributed by atoms with Crippen molar-refractivity contribution in [2.45, 2.75) is 108 Å². The van der Waals surface area contributed by atoms with Crippen molar-refractivity contribution in [2.24, 2.45) is 23.2 Å². The van der Waals surface area contributed by atoms with Gasteiger partial charge in [0.05, 0.1) is 11.5 Å². The molecule has 180 valence electrons. The van der Waals surface area contributed by atoms with Gasteiger partial charge in [-0.1, -0.05) is 25.3 Å². The number of carbonyl (C=O) groups is 1. The third-order valence-electron chi connectivity index (χ3n) is 11.2. The summed E-state index contributed by atoms with van der Waals surface area (Å²) in [5.74, 6) is 3.84. The van der Waals surface area contributed by atoms with Crippen LogP contribution in [-0.4, -0.2) is 21.9 Å². The van der Waals surface area contributed by atoms with E-state index in [1.54, 1.807) is 11.1 Å². The smallest absolute Gasteiger partial charge is 0.229 e. The van der Waals surface area contributed by atoms with Crippen LogP contribution in [0, 0.1) is 23.2 Å². The zero-order chi connectivity index (χ0) is 22.4. The lowest BCUT2D eigenvalue weighted by molar-refractivity contribution is -0.161. The van der Waals surface area contributed by atoms with Gasteiger partial charge in [-0.2, -0.15) is 0 Å². The summed E-state index contributed by atoms with van der Waals surface area (Å²) >= 11 is 0. The Morgan fingerprint density at radius 1 is 0.853 bits per heavy atom. The van der Waals surface area contributed by atoms with Crippen LogP contribution in [-0.2, 0) is 17.8 Å². The van der Waals surface area contributed by atoms with Crippen molar-refractivity contribution in [3.63, 3.8) is 0 Å². The highest BCUT2D eigenvalue weighted by Gasteiger charge is 2.56. The van der Waals surface area contributed by atoms with E-state index in [1.807, 2.05) is 0 Å². The van der Waals surface area contributed by atoms with Gasteiger partial charge in [-0.15, -0.1) is 0 Å². The van der Waals surface area contributed by atoms with Gasteiger partial charge in [-0.3, -0.25) is 4.79 Å². The summed E-state index contributed by atoms with van der Waals surface area (Å²) in [6.07, 6.45) is 18.4. The largest absolute Gasteiger partial charge is 0.341 e. The quantitative estimate of drug-likeness (QED) is 0.472. The lowest BCUT2D eigenvalue weighted by Gasteiger charge is -2.57. The Labute approximate surface area is 204 Å². The predicted octanol–water partition coefficient (Wildman–Crippen LogP) is 7.13. The van der Waals surface area contributed by atoms with E-state index in [4.69, 9.17) is 0 Å². The van der Waals surface area contributed by atoms with Crippen LogP contribution in [0.1, 0.15) is 112 Å². The maximum atomic E-state index is 14.4. The lowest BCUT2D eigenvalue weighted by Crippen LogP contribution is -2.56. The Morgan fingerprint density at radius 2 is 1.59 bits per heavy atom. The highest BCUT2D eigenvalue weighted by atomic mass is 16.2. The van der Waals surface area contributed by atoms with E-state index in [0.717, 1.165) is 43.2 Å². The molecule has 7 aliphatic rings. The molecule has 6 aliphatic carbocycles. The molecule has 0 N–H and O–H groups in total. The number of aromatic nitrogens is 1. The van der Waals surface area contributed by atoms with Crippen molar-refractivity contribution in [3.05, 3.63) is 35.0 Å². The van der Waals surface area contributed by atoms with E-state index in [1.165, 1.54) is 100 Å². The third kappa shape index (κ3) is 2.85. The summed E-state index contributed by atoms with van der Waals surface area (Å²) in [5, 5.41) is 1.52. The fourth-order valence-corrected chi connectivity index (χ4v) is 10.2. The van der Waals surface area contributed by atoms with Gasteiger partial charge < -0.3 is 9.47 Å². The fraction of sp³-hybridized carbons (Fsp3) is 0.710. The molecule has 0 saturated heterocycles. The van der Waals surface area contributed by atoms with Crippen LogP contribution in [0.5, 0.6) is 0 Å². The molecule has 1 aromatic carbocycles. The normalized spacial score (nSPS) is 36.8. The fourth-order valence-electron chi connectivity index (χ4n) is 10.2. The van der Waals surface area contributed by atoms with Crippen LogP contribution in [0.15, 0.2) is 18.2 Å². The second kappa shape index (κ2) is 7.37. The van der Waals surface area contributed by atoms with Gasteiger partial charge in [0.15, 0.2) is 0 Å². The molecule has 34 heavy (non-hydrogen) atoms. The highest BCUT2D eigenvalue weighted by molar-refractivity contribution is 5.89. The molecule has 3 nitrogen and oxygen atoms in total. The molecule has 0 unspecified atom stereocenters. The first-order valence-electron chi connectivity index (χ1n) is 14.6. The average molecular weight is 457 g/mol. The molecule has 0 spiro atoms. The third-order valence-corrected chi connectivity index (χ3v) is 11.2. The SMILES string of the molecule is O=C(N1CCn2c3c(c4cc(C5CCCCC5)ccc42)CCC[C@H]31)C12CC3CC(CC(C3)C1)C2. The van der Waals surface area contributed by atoms with E-state index in [2.05, 4.69) is 27.7 Å². The molecule has 2 heterocycles. The summed E-state index contributed by atoms with van der Waals surface area (Å²) in [4.78, 5) is 16.8. The second-order valence-corrected chi connectivity index (χ2v) is 13.2. The van der Waals surface area contributed by atoms with E-state index in [0.29, 0.717) is 11.9 Å². The van der Waals surface area contributed by atoms with E-state index in [-0.39, 0.29) is 5.41 Å². The molecule has 5 saturated carbocycles. The number of aryl methyl sites for hydroxylation is 1. The molecule has 4 bridgehead atoms. The predicted molar refractivity (Wildman–Crippen MR) is 136 cm³/mol. The molecule has 5 fully saturated rings. The van der Waals surface area contributed by atoms with E-state index >= 15 is 0 Å². The molecule has 1 aliphatic heterocycles. The van der Waals surface area contributed by atoms with Gasteiger partial charge in [0.1, 0.15) is 0 Å². The monoisotopic (exact) mass is 456 g/mol. The number of nitrogens with zero attached hydrogens (tertiary/aromatic N) is 2. The Balaban J connectivity index is 1.17. The topological polar surface area (TPSA) is 25.2 Å². The van der Waals surface area contributed by atoms with Gasteiger partial charge in [-0.25, -0.2) is 0 Å². The second-order valence-electron chi connectivity index (χ2n) is 13.2. The standard InChI is InChI=1S/C31H40N2O/c34-30(31-17-20-13-21(18-31)15-22(14-20)19-31)33-12-11-32-27-10-9-24(23-5-2-1-3-6-23)16-26(27)25-7-4-8-28(33)29(25)32/h9-10,16,20-23,28H,1-8,11-15,17-19H2/t20?,21?,22?,28-,31?/m1/s1. The van der Waals surface area contributed by atoms with Crippen LogP contribution in [0.2, 0.25) is 0 Å². The molecule has 0 radical (unpaired) electrons. The number of benzene rings is 1. The van der Waals surface area contributed by atoms with E-state index < -0.39 is 0 Å². The summed E-state index contributed by atoms with van der Waals surface area (Å²) in [7, 11) is 0. The van der Waals surface area contributed by atoms with E-state index in [9.17, 15) is 4.79 Å². The molecule has 3 heteroatoms. The summed E-state index contributed by atoms with van der Waals surface area (Å²) in [5.41, 5.74) is 6.13. The first-order valence-corrected chi connectivity index (χ1v) is 14.6. The first kappa shape index (κ1) is 20.4. The minimum atomic E-state index is -0.00526. The molecule has 9 rings (SSSR count). The first-order chi connectivity index (χ1) is 16.7. The van der Waals surface area contributed by atoms with Gasteiger partial charge in [0.25, 0.3) is 0 Å². The maximum absolute atomic E-state index is 14.4. The van der Waals surface area contributed by atoms with Gasteiger partial charge in [-0.05, 0) is 118 Å². The number of carbonyl (C=O) groups excluding carboxylic acids is 1. The molecule has 1 aromatic heterocycles. The van der Waals surface area contributed by atoms with Gasteiger partial charge in [0.2, 0.25) is 5.91 Å². The molecule has 1 amide bonds. The zero-order valence-electron chi connectivity index (χ0n) is 20.7. The zero-order valence-corrected chi connectivity index (χ0v) is 20.7. The summed E-state index contributed by atoms with van der Waals surface area (Å²) in [6, 6.07) is 7.77. The van der Waals surface area contributed by atoms with Crippen LogP contribution in [0.25, 0.3) is 10.9 Å². The van der Waals surface area contributed by atoms with Gasteiger partial charge in [0, 0.05) is 29.7 Å². The lowest BCUT2D eigenvalue weighted by atomic mass is 9.49. The Morgan fingerprint density at radius 3 is 2.32 bits per heavy atom. The number of amides is 1. The van der Waals surface area contributed by atoms with Crippen molar-refractivity contribution in [1.82, 2.24) is 9.47 Å². The number of hydrogen-bond donors (Lipinski definition) is 0. The van der Waals surface area contributed by atoms with Crippen molar-refractivity contribution >= 4 is 16.8 Å². The van der Waals surface area contributed by atoms with Crippen LogP contribution >= 0.6 is 0 Å². The Bertz CT molecular complexity index is 1120. The summed E-state index contributed by atoms with van der Waals surface area (Å²) < 4.78 is 2.63. The van der Waals surface area contributed by atoms with Crippen LogP contribution < -0.4 is 0 Å². The van der Waals surface area contributed by atoms with Crippen molar-refractivity contribution in [2.75, 3.05) is 6.54 Å². The van der Waals surface area contributed by atoms with Crippen molar-refractivity contribution < 1.29 is 4.79 Å². The van der Waals surface area contributed by atoms with Crippen LogP contribution in [0.3, 0.4) is 0 Å². The highest BCUT2D eigenvalue weighted by Crippen LogP contribution is 2.61. The minimum absolute atomic E-state index is 0.00526. The number of rotatable bonds is 2. The minimum Gasteiger partial charge on any atom is -0.341 e. The van der Waals surface area contributed by atoms with Crippen molar-refractivity contribution in [1.29, 1.82) is 0 Å². The molecule has 1 atom stereocenters.